The van der Waals surface area contributed by atoms with Gasteiger partial charge in [0.25, 0.3) is 5.91 Å². The van der Waals surface area contributed by atoms with Crippen molar-refractivity contribution in [3.63, 3.8) is 0 Å². The summed E-state index contributed by atoms with van der Waals surface area (Å²) in [5.74, 6) is 1.01. The molecule has 7 heteroatoms. The summed E-state index contributed by atoms with van der Waals surface area (Å²) in [7, 11) is 3.19. The van der Waals surface area contributed by atoms with Crippen LogP contribution in [0, 0.1) is 0 Å². The third-order valence-corrected chi connectivity index (χ3v) is 5.52. The summed E-state index contributed by atoms with van der Waals surface area (Å²) in [6.07, 6.45) is 3.63. The second kappa shape index (κ2) is 9.26. The van der Waals surface area contributed by atoms with Crippen LogP contribution in [0.5, 0.6) is 11.5 Å². The molecule has 3 aromatic rings. The van der Waals surface area contributed by atoms with Crippen molar-refractivity contribution in [2.75, 3.05) is 14.2 Å². The van der Waals surface area contributed by atoms with E-state index < -0.39 is 0 Å². The van der Waals surface area contributed by atoms with Crippen LogP contribution in [-0.4, -0.2) is 29.9 Å². The molecule has 0 aliphatic heterocycles. The summed E-state index contributed by atoms with van der Waals surface area (Å²) in [6, 6.07) is 13.4. The lowest BCUT2D eigenvalue weighted by Gasteiger charge is -2.21. The van der Waals surface area contributed by atoms with Crippen LogP contribution in [-0.2, 0) is 12.0 Å². The Balaban J connectivity index is 1.76. The van der Waals surface area contributed by atoms with Crippen LogP contribution in [0.25, 0.3) is 0 Å². The number of rotatable bonds is 7. The number of ether oxygens (including phenoxy) is 2. The molecule has 0 fully saturated rings. The van der Waals surface area contributed by atoms with Gasteiger partial charge in [0.2, 0.25) is 0 Å². The van der Waals surface area contributed by atoms with Gasteiger partial charge in [-0.3, -0.25) is 14.2 Å². The second-order valence-corrected chi connectivity index (χ2v) is 8.74. The number of amides is 1. The first-order valence-corrected chi connectivity index (χ1v) is 10.4. The molecule has 0 radical (unpaired) electrons. The molecule has 3 rings (SSSR count). The van der Waals surface area contributed by atoms with Crippen LogP contribution >= 0.6 is 11.9 Å². The number of methoxy groups -OCH3 is 2. The van der Waals surface area contributed by atoms with Crippen LogP contribution < -0.4 is 14.2 Å². The Morgan fingerprint density at radius 3 is 2.50 bits per heavy atom. The van der Waals surface area contributed by atoms with Crippen molar-refractivity contribution in [1.82, 2.24) is 14.5 Å². The van der Waals surface area contributed by atoms with E-state index in [0.717, 1.165) is 16.2 Å². The van der Waals surface area contributed by atoms with Crippen molar-refractivity contribution in [3.05, 3.63) is 71.5 Å². The maximum atomic E-state index is 12.8. The number of nitrogens with one attached hydrogen (secondary N) is 1. The number of carbonyl (C=O) groups excluding carboxylic acids is 1. The van der Waals surface area contributed by atoms with Gasteiger partial charge >= 0.3 is 0 Å². The zero-order valence-corrected chi connectivity index (χ0v) is 18.7. The molecule has 0 saturated heterocycles. The number of aromatic nitrogens is 2. The predicted molar refractivity (Wildman–Crippen MR) is 119 cm³/mol. The molecule has 0 spiro atoms. The maximum Gasteiger partial charge on any atom is 0.265 e. The van der Waals surface area contributed by atoms with Gasteiger partial charge in [0.15, 0.2) is 0 Å². The minimum atomic E-state index is -0.231. The highest BCUT2D eigenvalue weighted by Gasteiger charge is 2.18. The molecule has 2 aromatic carbocycles. The molecule has 1 heterocycles. The van der Waals surface area contributed by atoms with Gasteiger partial charge in [-0.05, 0) is 58.8 Å². The zero-order valence-electron chi connectivity index (χ0n) is 17.9. The van der Waals surface area contributed by atoms with Crippen molar-refractivity contribution in [1.29, 1.82) is 0 Å². The van der Waals surface area contributed by atoms with E-state index in [0.29, 0.717) is 17.9 Å². The first-order chi connectivity index (χ1) is 14.3. The van der Waals surface area contributed by atoms with Gasteiger partial charge in [-0.1, -0.05) is 32.9 Å². The van der Waals surface area contributed by atoms with E-state index in [2.05, 4.69) is 30.6 Å². The Kier molecular flexibility index (Phi) is 6.72. The first-order valence-electron chi connectivity index (χ1n) is 9.62. The molecule has 30 heavy (non-hydrogen) atoms. The van der Waals surface area contributed by atoms with Crippen LogP contribution in [0.2, 0.25) is 0 Å². The fourth-order valence-electron chi connectivity index (χ4n) is 2.98. The Morgan fingerprint density at radius 2 is 1.87 bits per heavy atom. The average Bonchev–Trinajstić information content (AvgIpc) is 3.24. The summed E-state index contributed by atoms with van der Waals surface area (Å²) in [5, 5.41) is 4.21. The summed E-state index contributed by atoms with van der Waals surface area (Å²) >= 11 is 1.24. The van der Waals surface area contributed by atoms with Gasteiger partial charge in [-0.25, -0.2) is 0 Å². The van der Waals surface area contributed by atoms with Gasteiger partial charge < -0.3 is 9.47 Å². The van der Waals surface area contributed by atoms with Crippen LogP contribution in [0.1, 0.15) is 42.3 Å². The van der Waals surface area contributed by atoms with Gasteiger partial charge in [-0.2, -0.15) is 5.10 Å². The molecule has 1 aromatic heterocycles. The topological polar surface area (TPSA) is 65.4 Å². The zero-order chi connectivity index (χ0) is 21.7. The molecule has 6 nitrogen and oxygen atoms in total. The maximum absolute atomic E-state index is 12.8. The minimum absolute atomic E-state index is 0.000777. The molecule has 0 aliphatic rings. The highest BCUT2D eigenvalue weighted by molar-refractivity contribution is 7.98. The highest BCUT2D eigenvalue weighted by Crippen LogP contribution is 2.33. The van der Waals surface area contributed by atoms with Crippen LogP contribution in [0.3, 0.4) is 0 Å². The molecule has 0 aliphatic carbocycles. The van der Waals surface area contributed by atoms with E-state index >= 15 is 0 Å². The van der Waals surface area contributed by atoms with E-state index in [9.17, 15) is 4.79 Å². The fourth-order valence-corrected chi connectivity index (χ4v) is 3.73. The first kappa shape index (κ1) is 21.8. The number of nitrogens with zero attached hydrogens (tertiary/aromatic N) is 2. The van der Waals surface area contributed by atoms with Gasteiger partial charge in [-0.15, -0.1) is 0 Å². The van der Waals surface area contributed by atoms with Crippen molar-refractivity contribution in [2.45, 2.75) is 37.6 Å². The number of hydrogen-bond donors (Lipinski definition) is 1. The Morgan fingerprint density at radius 1 is 1.10 bits per heavy atom. The van der Waals surface area contributed by atoms with E-state index in [1.54, 1.807) is 26.5 Å². The summed E-state index contributed by atoms with van der Waals surface area (Å²) in [6.45, 7) is 7.06. The van der Waals surface area contributed by atoms with Gasteiger partial charge in [0.05, 0.1) is 31.2 Å². The third-order valence-electron chi connectivity index (χ3n) is 4.70. The van der Waals surface area contributed by atoms with E-state index in [4.69, 9.17) is 9.47 Å². The molecule has 158 valence electrons. The molecule has 0 atom stereocenters. The largest absolute Gasteiger partial charge is 0.496 e. The molecule has 1 N–H and O–H groups in total. The van der Waals surface area contributed by atoms with Crippen LogP contribution in [0.15, 0.2) is 59.8 Å². The molecule has 0 unspecified atom stereocenters. The quantitative estimate of drug-likeness (QED) is 0.557. The van der Waals surface area contributed by atoms with Crippen molar-refractivity contribution in [3.8, 4) is 11.5 Å². The smallest absolute Gasteiger partial charge is 0.265 e. The fraction of sp³-hybridized carbons (Fsp3) is 0.304. The Labute approximate surface area is 181 Å². The van der Waals surface area contributed by atoms with Gasteiger partial charge in [0, 0.05) is 12.4 Å². The van der Waals surface area contributed by atoms with Gasteiger partial charge in [0.1, 0.15) is 11.5 Å². The van der Waals surface area contributed by atoms with Crippen molar-refractivity contribution < 1.29 is 14.3 Å². The second-order valence-electron chi connectivity index (χ2n) is 7.89. The van der Waals surface area contributed by atoms with E-state index in [1.807, 2.05) is 47.3 Å². The highest BCUT2D eigenvalue weighted by atomic mass is 32.2. The Hall–Kier alpha value is -2.93. The Bertz CT molecular complexity index is 1010. The molecule has 1 amide bonds. The average molecular weight is 426 g/mol. The predicted octanol–water partition coefficient (Wildman–Crippen LogP) is 4.68. The standard InChI is InChI=1S/C23H27N3O3S/c1-23(2,3)17-8-10-19(28-4)21(14-17)30-25-22(27)18-9-7-16(13-20(18)29-5)15-26-12-6-11-24-26/h6-14H,15H2,1-5H3,(H,25,27). The molecular weight excluding hydrogens is 398 g/mol. The van der Waals surface area contributed by atoms with E-state index in [1.165, 1.54) is 17.5 Å². The third kappa shape index (κ3) is 5.16. The number of carbonyl (C=O) groups is 1. The number of benzene rings is 2. The van der Waals surface area contributed by atoms with E-state index in [-0.39, 0.29) is 11.3 Å². The SMILES string of the molecule is COc1ccc(C(C)(C)C)cc1SNC(=O)c1ccc(Cn2cccn2)cc1OC. The van der Waals surface area contributed by atoms with Crippen molar-refractivity contribution >= 4 is 17.9 Å². The molecular formula is C23H27N3O3S. The monoisotopic (exact) mass is 425 g/mol. The van der Waals surface area contributed by atoms with Crippen molar-refractivity contribution in [2.24, 2.45) is 0 Å². The lowest BCUT2D eigenvalue weighted by molar-refractivity contribution is 0.0981. The molecule has 0 bridgehead atoms. The summed E-state index contributed by atoms with van der Waals surface area (Å²) in [4.78, 5) is 13.7. The summed E-state index contributed by atoms with van der Waals surface area (Å²) in [5.41, 5.74) is 2.64. The minimum Gasteiger partial charge on any atom is -0.496 e. The lowest BCUT2D eigenvalue weighted by atomic mass is 9.87. The summed E-state index contributed by atoms with van der Waals surface area (Å²) < 4.78 is 15.6. The van der Waals surface area contributed by atoms with Crippen LogP contribution in [0.4, 0.5) is 0 Å². The lowest BCUT2D eigenvalue weighted by Crippen LogP contribution is -2.17. The number of hydrogen-bond acceptors (Lipinski definition) is 5. The normalized spacial score (nSPS) is 11.2. The molecule has 0 saturated carbocycles.